The van der Waals surface area contributed by atoms with Crippen LogP contribution in [0.3, 0.4) is 0 Å². The Hall–Kier alpha value is -1.26. The fourth-order valence-corrected chi connectivity index (χ4v) is 2.68. The molecule has 16 heavy (non-hydrogen) atoms. The predicted molar refractivity (Wildman–Crippen MR) is 70.6 cm³/mol. The molecule has 2 nitrogen and oxygen atoms in total. The number of thiophene rings is 1. The summed E-state index contributed by atoms with van der Waals surface area (Å²) in [6, 6.07) is 10.1. The van der Waals surface area contributed by atoms with E-state index in [1.54, 1.807) is 11.3 Å². The number of benzene rings is 1. The SMILES string of the molecule is Brc1nc(-c2ccsc2)c2ccccc2n1. The molecule has 0 saturated heterocycles. The molecule has 0 saturated carbocycles. The topological polar surface area (TPSA) is 25.8 Å². The van der Waals surface area contributed by atoms with Crippen molar-refractivity contribution in [3.05, 3.63) is 45.8 Å². The zero-order valence-corrected chi connectivity index (χ0v) is 10.6. The van der Waals surface area contributed by atoms with Gasteiger partial charge in [-0.2, -0.15) is 11.3 Å². The lowest BCUT2D eigenvalue weighted by Crippen LogP contribution is -1.89. The zero-order chi connectivity index (χ0) is 11.0. The Kier molecular flexibility index (Phi) is 2.46. The lowest BCUT2D eigenvalue weighted by Gasteiger charge is -2.03. The standard InChI is InChI=1S/C12H7BrN2S/c13-12-14-10-4-2-1-3-9(10)11(15-12)8-5-6-16-7-8/h1-7H. The van der Waals surface area contributed by atoms with Gasteiger partial charge in [0, 0.05) is 16.3 Å². The van der Waals surface area contributed by atoms with Crippen LogP contribution in [-0.4, -0.2) is 9.97 Å². The Labute approximate surface area is 105 Å². The van der Waals surface area contributed by atoms with Crippen LogP contribution in [0.5, 0.6) is 0 Å². The number of rotatable bonds is 1. The normalized spacial score (nSPS) is 10.8. The Bertz CT molecular complexity index is 635. The molecule has 4 heteroatoms. The molecular formula is C12H7BrN2S. The number of aromatic nitrogens is 2. The summed E-state index contributed by atoms with van der Waals surface area (Å²) in [5.74, 6) is 0. The summed E-state index contributed by atoms with van der Waals surface area (Å²) in [7, 11) is 0. The van der Waals surface area contributed by atoms with Gasteiger partial charge in [-0.05, 0) is 33.4 Å². The van der Waals surface area contributed by atoms with Gasteiger partial charge in [-0.1, -0.05) is 18.2 Å². The number of fused-ring (bicyclic) bond motifs is 1. The Balaban J connectivity index is 2.39. The van der Waals surface area contributed by atoms with Crippen LogP contribution >= 0.6 is 27.3 Å². The zero-order valence-electron chi connectivity index (χ0n) is 8.22. The third kappa shape index (κ3) is 1.64. The second-order valence-corrected chi connectivity index (χ2v) is 4.86. The van der Waals surface area contributed by atoms with Crippen molar-refractivity contribution in [2.45, 2.75) is 0 Å². The molecule has 0 radical (unpaired) electrons. The summed E-state index contributed by atoms with van der Waals surface area (Å²) < 4.78 is 0.632. The van der Waals surface area contributed by atoms with E-state index in [4.69, 9.17) is 0 Å². The summed E-state index contributed by atoms with van der Waals surface area (Å²) in [5, 5.41) is 5.24. The first-order valence-electron chi connectivity index (χ1n) is 4.79. The second kappa shape index (κ2) is 3.96. The first-order chi connectivity index (χ1) is 7.84. The van der Waals surface area contributed by atoms with Crippen molar-refractivity contribution < 1.29 is 0 Å². The fourth-order valence-electron chi connectivity index (χ4n) is 1.67. The van der Waals surface area contributed by atoms with Gasteiger partial charge in [0.2, 0.25) is 0 Å². The first kappa shape index (κ1) is 9.93. The highest BCUT2D eigenvalue weighted by Crippen LogP contribution is 2.28. The maximum Gasteiger partial charge on any atom is 0.197 e. The Morgan fingerprint density at radius 3 is 2.75 bits per heavy atom. The smallest absolute Gasteiger partial charge is 0.197 e. The molecule has 0 aliphatic heterocycles. The number of nitrogens with zero attached hydrogens (tertiary/aromatic N) is 2. The molecule has 0 N–H and O–H groups in total. The first-order valence-corrected chi connectivity index (χ1v) is 6.53. The van der Waals surface area contributed by atoms with E-state index >= 15 is 0 Å². The van der Waals surface area contributed by atoms with Gasteiger partial charge < -0.3 is 0 Å². The van der Waals surface area contributed by atoms with Crippen LogP contribution in [0.1, 0.15) is 0 Å². The summed E-state index contributed by atoms with van der Waals surface area (Å²) in [6.45, 7) is 0. The van der Waals surface area contributed by atoms with E-state index in [2.05, 4.69) is 48.8 Å². The molecule has 78 valence electrons. The minimum atomic E-state index is 0.632. The van der Waals surface area contributed by atoms with Crippen molar-refractivity contribution in [3.8, 4) is 11.3 Å². The summed E-state index contributed by atoms with van der Waals surface area (Å²) in [5.41, 5.74) is 3.09. The number of hydrogen-bond acceptors (Lipinski definition) is 3. The second-order valence-electron chi connectivity index (χ2n) is 3.37. The third-order valence-electron chi connectivity index (χ3n) is 2.37. The van der Waals surface area contributed by atoms with E-state index in [0.29, 0.717) is 4.73 Å². The van der Waals surface area contributed by atoms with Crippen molar-refractivity contribution >= 4 is 38.2 Å². The molecule has 3 aromatic rings. The van der Waals surface area contributed by atoms with Gasteiger partial charge in [0.1, 0.15) is 0 Å². The monoisotopic (exact) mass is 290 g/mol. The average molecular weight is 291 g/mol. The van der Waals surface area contributed by atoms with Crippen LogP contribution in [0, 0.1) is 0 Å². The lowest BCUT2D eigenvalue weighted by molar-refractivity contribution is 1.16. The number of para-hydroxylation sites is 1. The Morgan fingerprint density at radius 2 is 1.94 bits per heavy atom. The van der Waals surface area contributed by atoms with Gasteiger partial charge in [-0.3, -0.25) is 0 Å². The average Bonchev–Trinajstić information content (AvgIpc) is 2.81. The maximum atomic E-state index is 4.46. The highest BCUT2D eigenvalue weighted by atomic mass is 79.9. The molecule has 0 fully saturated rings. The molecule has 2 heterocycles. The molecule has 0 aliphatic carbocycles. The molecule has 0 amide bonds. The van der Waals surface area contributed by atoms with Gasteiger partial charge in [-0.15, -0.1) is 0 Å². The molecule has 0 atom stereocenters. The minimum Gasteiger partial charge on any atom is -0.222 e. The molecule has 2 aromatic heterocycles. The van der Waals surface area contributed by atoms with Gasteiger partial charge in [0.05, 0.1) is 11.2 Å². The van der Waals surface area contributed by atoms with E-state index in [1.807, 2.05) is 18.2 Å². The maximum absolute atomic E-state index is 4.46. The van der Waals surface area contributed by atoms with E-state index < -0.39 is 0 Å². The molecule has 0 bridgehead atoms. The van der Waals surface area contributed by atoms with Gasteiger partial charge in [0.25, 0.3) is 0 Å². The molecule has 3 rings (SSSR count). The molecule has 0 spiro atoms. The summed E-state index contributed by atoms with van der Waals surface area (Å²) in [4.78, 5) is 8.81. The minimum absolute atomic E-state index is 0.632. The lowest BCUT2D eigenvalue weighted by atomic mass is 10.1. The van der Waals surface area contributed by atoms with Crippen molar-refractivity contribution in [3.63, 3.8) is 0 Å². The van der Waals surface area contributed by atoms with Gasteiger partial charge >= 0.3 is 0 Å². The van der Waals surface area contributed by atoms with Crippen LogP contribution in [0.4, 0.5) is 0 Å². The van der Waals surface area contributed by atoms with Crippen LogP contribution < -0.4 is 0 Å². The summed E-state index contributed by atoms with van der Waals surface area (Å²) in [6.07, 6.45) is 0. The quantitative estimate of drug-likeness (QED) is 0.630. The molecule has 0 unspecified atom stereocenters. The van der Waals surface area contributed by atoms with Gasteiger partial charge in [0.15, 0.2) is 4.73 Å². The van der Waals surface area contributed by atoms with Crippen LogP contribution in [-0.2, 0) is 0 Å². The van der Waals surface area contributed by atoms with Crippen molar-refractivity contribution in [1.82, 2.24) is 9.97 Å². The van der Waals surface area contributed by atoms with E-state index in [9.17, 15) is 0 Å². The van der Waals surface area contributed by atoms with E-state index in [0.717, 1.165) is 22.2 Å². The van der Waals surface area contributed by atoms with Crippen molar-refractivity contribution in [1.29, 1.82) is 0 Å². The molecule has 1 aromatic carbocycles. The summed E-state index contributed by atoms with van der Waals surface area (Å²) >= 11 is 5.02. The van der Waals surface area contributed by atoms with Crippen LogP contribution in [0.15, 0.2) is 45.8 Å². The van der Waals surface area contributed by atoms with Gasteiger partial charge in [-0.25, -0.2) is 9.97 Å². The third-order valence-corrected chi connectivity index (χ3v) is 3.41. The van der Waals surface area contributed by atoms with Crippen molar-refractivity contribution in [2.24, 2.45) is 0 Å². The van der Waals surface area contributed by atoms with Crippen molar-refractivity contribution in [2.75, 3.05) is 0 Å². The highest BCUT2D eigenvalue weighted by molar-refractivity contribution is 9.10. The largest absolute Gasteiger partial charge is 0.222 e. The number of halogens is 1. The van der Waals surface area contributed by atoms with Crippen LogP contribution in [0.2, 0.25) is 0 Å². The van der Waals surface area contributed by atoms with E-state index in [-0.39, 0.29) is 0 Å². The fraction of sp³-hybridized carbons (Fsp3) is 0. The molecular weight excluding hydrogens is 284 g/mol. The Morgan fingerprint density at radius 1 is 1.06 bits per heavy atom. The molecule has 0 aliphatic rings. The number of hydrogen-bond donors (Lipinski definition) is 0. The van der Waals surface area contributed by atoms with E-state index in [1.165, 1.54) is 0 Å². The predicted octanol–water partition coefficient (Wildman–Crippen LogP) is 4.12. The van der Waals surface area contributed by atoms with Crippen LogP contribution in [0.25, 0.3) is 22.2 Å². The highest BCUT2D eigenvalue weighted by Gasteiger charge is 2.08.